The van der Waals surface area contributed by atoms with Crippen LogP contribution in [0.15, 0.2) is 35.7 Å². The SMILES string of the molecule is O=C(COC(=O)[C@@H]1CCCN1C(=O)c1cccs1)Nc1ccc(Cl)cc1F. The summed E-state index contributed by atoms with van der Waals surface area (Å²) in [5.74, 6) is -2.24. The van der Waals surface area contributed by atoms with Gasteiger partial charge in [0, 0.05) is 11.6 Å². The molecule has 2 heterocycles. The van der Waals surface area contributed by atoms with Gasteiger partial charge >= 0.3 is 5.97 Å². The van der Waals surface area contributed by atoms with Gasteiger partial charge in [0.2, 0.25) is 0 Å². The summed E-state index contributed by atoms with van der Waals surface area (Å²) in [5.41, 5.74) is -0.0594. The molecule has 1 fully saturated rings. The van der Waals surface area contributed by atoms with Gasteiger partial charge in [0.25, 0.3) is 11.8 Å². The fourth-order valence-electron chi connectivity index (χ4n) is 2.81. The van der Waals surface area contributed by atoms with Crippen molar-refractivity contribution in [3.05, 3.63) is 51.4 Å². The topological polar surface area (TPSA) is 75.7 Å². The van der Waals surface area contributed by atoms with Crippen molar-refractivity contribution in [2.24, 2.45) is 0 Å². The quantitative estimate of drug-likeness (QED) is 0.767. The molecule has 0 saturated carbocycles. The van der Waals surface area contributed by atoms with Crippen molar-refractivity contribution >= 4 is 46.4 Å². The van der Waals surface area contributed by atoms with Crippen molar-refractivity contribution in [3.8, 4) is 0 Å². The molecule has 6 nitrogen and oxygen atoms in total. The molecular formula is C18H16ClFN2O4S. The van der Waals surface area contributed by atoms with Crippen LogP contribution in [0.3, 0.4) is 0 Å². The van der Waals surface area contributed by atoms with Crippen LogP contribution in [0.2, 0.25) is 5.02 Å². The first-order valence-electron chi connectivity index (χ1n) is 8.21. The molecule has 1 aromatic heterocycles. The van der Waals surface area contributed by atoms with Crippen LogP contribution in [0.4, 0.5) is 10.1 Å². The van der Waals surface area contributed by atoms with Crippen LogP contribution in [0.5, 0.6) is 0 Å². The van der Waals surface area contributed by atoms with Crippen molar-refractivity contribution in [1.82, 2.24) is 4.90 Å². The highest BCUT2D eigenvalue weighted by atomic mass is 35.5. The number of likely N-dealkylation sites (tertiary alicyclic amines) is 1. The van der Waals surface area contributed by atoms with Crippen molar-refractivity contribution in [1.29, 1.82) is 0 Å². The maximum Gasteiger partial charge on any atom is 0.329 e. The van der Waals surface area contributed by atoms with Crippen LogP contribution in [0, 0.1) is 5.82 Å². The van der Waals surface area contributed by atoms with E-state index in [-0.39, 0.29) is 16.6 Å². The van der Waals surface area contributed by atoms with Gasteiger partial charge in [0.05, 0.1) is 10.6 Å². The average molecular weight is 411 g/mol. The van der Waals surface area contributed by atoms with Gasteiger partial charge in [0.1, 0.15) is 11.9 Å². The van der Waals surface area contributed by atoms with Crippen LogP contribution in [-0.2, 0) is 14.3 Å². The number of anilines is 1. The van der Waals surface area contributed by atoms with E-state index in [9.17, 15) is 18.8 Å². The van der Waals surface area contributed by atoms with Crippen LogP contribution in [0.25, 0.3) is 0 Å². The monoisotopic (exact) mass is 410 g/mol. The van der Waals surface area contributed by atoms with E-state index in [0.29, 0.717) is 24.3 Å². The van der Waals surface area contributed by atoms with Crippen LogP contribution in [0.1, 0.15) is 22.5 Å². The molecule has 9 heteroatoms. The number of ether oxygens (including phenoxy) is 1. The van der Waals surface area contributed by atoms with Gasteiger partial charge in [-0.05, 0) is 42.5 Å². The largest absolute Gasteiger partial charge is 0.454 e. The lowest BCUT2D eigenvalue weighted by atomic mass is 10.2. The molecule has 1 aromatic carbocycles. The number of hydrogen-bond donors (Lipinski definition) is 1. The molecular weight excluding hydrogens is 395 g/mol. The number of carbonyl (C=O) groups excluding carboxylic acids is 3. The average Bonchev–Trinajstić information content (AvgIpc) is 3.33. The molecule has 3 rings (SSSR count). The Labute approximate surface area is 163 Å². The van der Waals surface area contributed by atoms with Crippen molar-refractivity contribution in [2.75, 3.05) is 18.5 Å². The Hall–Kier alpha value is -2.45. The van der Waals surface area contributed by atoms with Crippen LogP contribution in [-0.4, -0.2) is 41.9 Å². The van der Waals surface area contributed by atoms with E-state index in [1.165, 1.54) is 28.4 Å². The van der Waals surface area contributed by atoms with Crippen molar-refractivity contribution < 1.29 is 23.5 Å². The predicted octanol–water partition coefficient (Wildman–Crippen LogP) is 3.33. The fraction of sp³-hybridized carbons (Fsp3) is 0.278. The zero-order valence-electron chi connectivity index (χ0n) is 14.1. The lowest BCUT2D eigenvalue weighted by molar-refractivity contribution is -0.151. The van der Waals surface area contributed by atoms with E-state index in [1.807, 2.05) is 0 Å². The van der Waals surface area contributed by atoms with E-state index in [4.69, 9.17) is 16.3 Å². The third-order valence-electron chi connectivity index (χ3n) is 4.07. The van der Waals surface area contributed by atoms with E-state index >= 15 is 0 Å². The van der Waals surface area contributed by atoms with Crippen LogP contribution < -0.4 is 5.32 Å². The second-order valence-electron chi connectivity index (χ2n) is 5.91. The molecule has 2 amide bonds. The smallest absolute Gasteiger partial charge is 0.329 e. The number of amides is 2. The molecule has 0 radical (unpaired) electrons. The molecule has 0 aliphatic carbocycles. The molecule has 142 valence electrons. The van der Waals surface area contributed by atoms with Crippen molar-refractivity contribution in [2.45, 2.75) is 18.9 Å². The number of nitrogens with zero attached hydrogens (tertiary/aromatic N) is 1. The molecule has 1 N–H and O–H groups in total. The Morgan fingerprint density at radius 1 is 1.33 bits per heavy atom. The summed E-state index contributed by atoms with van der Waals surface area (Å²) in [7, 11) is 0. The number of nitrogens with one attached hydrogen (secondary N) is 1. The first-order valence-corrected chi connectivity index (χ1v) is 9.47. The maximum absolute atomic E-state index is 13.7. The first kappa shape index (κ1) is 19.3. The number of hydrogen-bond acceptors (Lipinski definition) is 5. The van der Waals surface area contributed by atoms with Gasteiger partial charge in [-0.15, -0.1) is 11.3 Å². The molecule has 0 bridgehead atoms. The van der Waals surface area contributed by atoms with Crippen molar-refractivity contribution in [3.63, 3.8) is 0 Å². The normalized spacial score (nSPS) is 16.2. The van der Waals surface area contributed by atoms with Crippen LogP contribution >= 0.6 is 22.9 Å². The Morgan fingerprint density at radius 3 is 2.85 bits per heavy atom. The summed E-state index contributed by atoms with van der Waals surface area (Å²) < 4.78 is 18.7. The Bertz CT molecular complexity index is 859. The van der Waals surface area contributed by atoms with Gasteiger partial charge in [-0.1, -0.05) is 17.7 Å². The Balaban J connectivity index is 1.55. The third kappa shape index (κ3) is 4.64. The van der Waals surface area contributed by atoms with Gasteiger partial charge in [0.15, 0.2) is 6.61 Å². The van der Waals surface area contributed by atoms with E-state index in [1.54, 1.807) is 17.5 Å². The summed E-state index contributed by atoms with van der Waals surface area (Å²) in [6.45, 7) is -0.114. The third-order valence-corrected chi connectivity index (χ3v) is 5.16. The number of rotatable bonds is 5. The summed E-state index contributed by atoms with van der Waals surface area (Å²) >= 11 is 6.95. The number of halogens is 2. The highest BCUT2D eigenvalue weighted by Gasteiger charge is 2.36. The summed E-state index contributed by atoms with van der Waals surface area (Å²) in [4.78, 5) is 38.7. The number of esters is 1. The summed E-state index contributed by atoms with van der Waals surface area (Å²) in [6.07, 6.45) is 1.16. The lowest BCUT2D eigenvalue weighted by Gasteiger charge is -2.22. The van der Waals surface area contributed by atoms with Gasteiger partial charge in [-0.25, -0.2) is 9.18 Å². The Morgan fingerprint density at radius 2 is 2.15 bits per heavy atom. The highest BCUT2D eigenvalue weighted by molar-refractivity contribution is 7.12. The summed E-state index contributed by atoms with van der Waals surface area (Å²) in [5, 5.41) is 4.30. The zero-order valence-corrected chi connectivity index (χ0v) is 15.7. The van der Waals surface area contributed by atoms with E-state index < -0.39 is 30.3 Å². The number of thiophene rings is 1. The number of carbonyl (C=O) groups is 3. The number of benzene rings is 1. The first-order chi connectivity index (χ1) is 13.0. The zero-order chi connectivity index (χ0) is 19.4. The predicted molar refractivity (Wildman–Crippen MR) is 99.4 cm³/mol. The minimum atomic E-state index is -0.723. The standard InChI is InChI=1S/C18H16ClFN2O4S/c19-11-5-6-13(12(20)9-11)21-16(23)10-26-18(25)14-3-1-7-22(14)17(24)15-4-2-8-27-15/h2,4-6,8-9,14H,1,3,7,10H2,(H,21,23)/t14-/m0/s1. The highest BCUT2D eigenvalue weighted by Crippen LogP contribution is 2.23. The molecule has 1 aliphatic heterocycles. The van der Waals surface area contributed by atoms with Gasteiger partial charge < -0.3 is 15.0 Å². The van der Waals surface area contributed by atoms with Gasteiger partial charge in [-0.3, -0.25) is 9.59 Å². The molecule has 0 unspecified atom stereocenters. The molecule has 27 heavy (non-hydrogen) atoms. The van der Waals surface area contributed by atoms with E-state index in [2.05, 4.69) is 5.32 Å². The molecule has 1 saturated heterocycles. The maximum atomic E-state index is 13.7. The summed E-state index contributed by atoms with van der Waals surface area (Å²) in [6, 6.07) is 6.55. The molecule has 0 spiro atoms. The van der Waals surface area contributed by atoms with Gasteiger partial charge in [-0.2, -0.15) is 0 Å². The van der Waals surface area contributed by atoms with E-state index in [0.717, 1.165) is 6.07 Å². The second kappa shape index (κ2) is 8.49. The molecule has 1 aliphatic rings. The Kier molecular flexibility index (Phi) is 6.08. The fourth-order valence-corrected chi connectivity index (χ4v) is 3.64. The molecule has 1 atom stereocenters. The minimum absolute atomic E-state index is 0.0594. The minimum Gasteiger partial charge on any atom is -0.454 e. The molecule has 2 aromatic rings. The second-order valence-corrected chi connectivity index (χ2v) is 7.30. The lowest BCUT2D eigenvalue weighted by Crippen LogP contribution is -2.41.